The van der Waals surface area contributed by atoms with Crippen molar-refractivity contribution in [3.05, 3.63) is 29.8 Å². The number of carbonyl (C=O) groups excluding carboxylic acids is 1. The Morgan fingerprint density at radius 2 is 2.00 bits per heavy atom. The summed E-state index contributed by atoms with van der Waals surface area (Å²) in [4.78, 5) is 14.0. The van der Waals surface area contributed by atoms with E-state index < -0.39 is 10.0 Å². The zero-order valence-corrected chi connectivity index (χ0v) is 16.6. The number of benzene rings is 1. The summed E-state index contributed by atoms with van der Waals surface area (Å²) in [6.07, 6.45) is 2.47. The molecular formula is C19H25N3O5S. The number of piperazine rings is 1. The van der Waals surface area contributed by atoms with Crippen molar-refractivity contribution in [3.63, 3.8) is 0 Å². The standard InChI is InChI=1S/C19H25N3O5S/c20-14-16-4-1-2-6-18(16)28(24,25)22-10-8-21(9-11-22)19(23)7-13-26-15-17-5-3-12-27-17/h1-2,4,6,17H,3,5,7-13,15H2. The lowest BCUT2D eigenvalue weighted by atomic mass is 10.2. The average Bonchev–Trinajstić information content (AvgIpc) is 3.24. The summed E-state index contributed by atoms with van der Waals surface area (Å²) in [7, 11) is -3.75. The molecule has 0 N–H and O–H groups in total. The van der Waals surface area contributed by atoms with Crippen LogP contribution in [0.15, 0.2) is 29.2 Å². The van der Waals surface area contributed by atoms with Gasteiger partial charge in [-0.3, -0.25) is 4.79 Å². The van der Waals surface area contributed by atoms with E-state index in [-0.39, 0.29) is 42.0 Å². The molecule has 0 radical (unpaired) electrons. The normalized spacial score (nSPS) is 20.8. The molecule has 28 heavy (non-hydrogen) atoms. The van der Waals surface area contributed by atoms with Crippen molar-refractivity contribution in [1.82, 2.24) is 9.21 Å². The fourth-order valence-electron chi connectivity index (χ4n) is 3.41. The largest absolute Gasteiger partial charge is 0.378 e. The summed E-state index contributed by atoms with van der Waals surface area (Å²) >= 11 is 0. The maximum absolute atomic E-state index is 12.8. The predicted molar refractivity (Wildman–Crippen MR) is 101 cm³/mol. The van der Waals surface area contributed by atoms with E-state index in [1.807, 2.05) is 6.07 Å². The molecule has 1 aromatic rings. The lowest BCUT2D eigenvalue weighted by molar-refractivity contribution is -0.133. The maximum Gasteiger partial charge on any atom is 0.244 e. The van der Waals surface area contributed by atoms with Crippen LogP contribution in [0.4, 0.5) is 0 Å². The first-order valence-corrected chi connectivity index (χ1v) is 10.9. The van der Waals surface area contributed by atoms with Crippen molar-refractivity contribution in [1.29, 1.82) is 5.26 Å². The van der Waals surface area contributed by atoms with E-state index in [4.69, 9.17) is 14.7 Å². The topological polar surface area (TPSA) is 99.9 Å². The molecule has 2 aliphatic rings. The van der Waals surface area contributed by atoms with Gasteiger partial charge in [-0.1, -0.05) is 12.1 Å². The van der Waals surface area contributed by atoms with Gasteiger partial charge in [-0.15, -0.1) is 0 Å². The van der Waals surface area contributed by atoms with E-state index in [0.717, 1.165) is 19.4 Å². The van der Waals surface area contributed by atoms with Gasteiger partial charge in [0.15, 0.2) is 0 Å². The highest BCUT2D eigenvalue weighted by Crippen LogP contribution is 2.21. The van der Waals surface area contributed by atoms with Crippen molar-refractivity contribution in [2.24, 2.45) is 0 Å². The van der Waals surface area contributed by atoms with Gasteiger partial charge in [0, 0.05) is 32.8 Å². The number of hydrogen-bond donors (Lipinski definition) is 0. The second-order valence-corrected chi connectivity index (χ2v) is 8.76. The molecule has 2 heterocycles. The monoisotopic (exact) mass is 407 g/mol. The van der Waals surface area contributed by atoms with Crippen LogP contribution in [0, 0.1) is 11.3 Å². The molecule has 2 fully saturated rings. The number of nitrogens with zero attached hydrogens (tertiary/aromatic N) is 3. The van der Waals surface area contributed by atoms with Crippen molar-refractivity contribution < 1.29 is 22.7 Å². The quantitative estimate of drug-likeness (QED) is 0.625. The van der Waals surface area contributed by atoms with Crippen LogP contribution in [0.2, 0.25) is 0 Å². The Labute approximate surface area is 165 Å². The number of amides is 1. The summed E-state index contributed by atoms with van der Waals surface area (Å²) in [6, 6.07) is 8.09. The van der Waals surface area contributed by atoms with Gasteiger partial charge in [-0.2, -0.15) is 9.57 Å². The molecule has 8 nitrogen and oxygen atoms in total. The second kappa shape index (κ2) is 9.47. The van der Waals surface area contributed by atoms with Gasteiger partial charge < -0.3 is 14.4 Å². The third-order valence-electron chi connectivity index (χ3n) is 5.00. The molecule has 1 atom stereocenters. The molecular weight excluding hydrogens is 382 g/mol. The molecule has 0 aromatic heterocycles. The summed E-state index contributed by atoms with van der Waals surface area (Å²) < 4.78 is 38.0. The van der Waals surface area contributed by atoms with E-state index in [0.29, 0.717) is 26.3 Å². The van der Waals surface area contributed by atoms with Crippen LogP contribution in [-0.4, -0.2) is 75.6 Å². The van der Waals surface area contributed by atoms with Crippen LogP contribution < -0.4 is 0 Å². The lowest BCUT2D eigenvalue weighted by Gasteiger charge is -2.34. The number of carbonyl (C=O) groups is 1. The van der Waals surface area contributed by atoms with Gasteiger partial charge in [0.05, 0.1) is 36.2 Å². The molecule has 2 aliphatic heterocycles. The zero-order chi connectivity index (χ0) is 20.0. The van der Waals surface area contributed by atoms with Crippen LogP contribution >= 0.6 is 0 Å². The third-order valence-corrected chi connectivity index (χ3v) is 6.96. The Morgan fingerprint density at radius 3 is 2.68 bits per heavy atom. The molecule has 9 heteroatoms. The number of sulfonamides is 1. The van der Waals surface area contributed by atoms with Crippen LogP contribution in [-0.2, 0) is 24.3 Å². The van der Waals surface area contributed by atoms with E-state index in [2.05, 4.69) is 0 Å². The summed E-state index contributed by atoms with van der Waals surface area (Å²) in [5.74, 6) is -0.0400. The first-order valence-electron chi connectivity index (χ1n) is 9.49. The van der Waals surface area contributed by atoms with Gasteiger partial charge in [0.1, 0.15) is 6.07 Å². The molecule has 1 aromatic carbocycles. The smallest absolute Gasteiger partial charge is 0.244 e. The van der Waals surface area contributed by atoms with E-state index >= 15 is 0 Å². The van der Waals surface area contributed by atoms with Crippen LogP contribution in [0.5, 0.6) is 0 Å². The van der Waals surface area contributed by atoms with Crippen molar-refractivity contribution in [2.45, 2.75) is 30.3 Å². The first-order chi connectivity index (χ1) is 13.5. The average molecular weight is 407 g/mol. The van der Waals surface area contributed by atoms with Gasteiger partial charge in [-0.05, 0) is 25.0 Å². The van der Waals surface area contributed by atoms with Crippen LogP contribution in [0.1, 0.15) is 24.8 Å². The van der Waals surface area contributed by atoms with E-state index in [9.17, 15) is 13.2 Å². The Hall–Kier alpha value is -1.99. The highest BCUT2D eigenvalue weighted by Gasteiger charge is 2.31. The van der Waals surface area contributed by atoms with E-state index in [1.54, 1.807) is 17.0 Å². The minimum Gasteiger partial charge on any atom is -0.378 e. The van der Waals surface area contributed by atoms with Crippen molar-refractivity contribution >= 4 is 15.9 Å². The molecule has 1 amide bonds. The number of hydrogen-bond acceptors (Lipinski definition) is 6. The van der Waals surface area contributed by atoms with E-state index in [1.165, 1.54) is 16.4 Å². The Balaban J connectivity index is 1.47. The third kappa shape index (κ3) is 4.89. The fourth-order valence-corrected chi connectivity index (χ4v) is 4.97. The zero-order valence-electron chi connectivity index (χ0n) is 15.7. The molecule has 152 valence electrons. The number of ether oxygens (including phenoxy) is 2. The molecule has 0 aliphatic carbocycles. The van der Waals surface area contributed by atoms with Crippen molar-refractivity contribution in [2.75, 3.05) is 46.0 Å². The van der Waals surface area contributed by atoms with Gasteiger partial charge in [-0.25, -0.2) is 8.42 Å². The molecule has 0 saturated carbocycles. The van der Waals surface area contributed by atoms with Gasteiger partial charge >= 0.3 is 0 Å². The summed E-state index contributed by atoms with van der Waals surface area (Å²) in [5.41, 5.74) is 0.129. The molecule has 1 unspecified atom stereocenters. The van der Waals surface area contributed by atoms with Gasteiger partial charge in [0.25, 0.3) is 0 Å². The lowest BCUT2D eigenvalue weighted by Crippen LogP contribution is -2.50. The number of nitriles is 1. The Bertz CT molecular complexity index is 822. The predicted octanol–water partition coefficient (Wildman–Crippen LogP) is 0.977. The summed E-state index contributed by atoms with van der Waals surface area (Å²) in [6.45, 7) is 2.72. The Morgan fingerprint density at radius 1 is 1.25 bits per heavy atom. The molecule has 2 saturated heterocycles. The minimum atomic E-state index is -3.75. The fraction of sp³-hybridized carbons (Fsp3) is 0.579. The highest BCUT2D eigenvalue weighted by molar-refractivity contribution is 7.89. The first kappa shape index (κ1) is 20.7. The summed E-state index contributed by atoms with van der Waals surface area (Å²) in [5, 5.41) is 9.16. The highest BCUT2D eigenvalue weighted by atomic mass is 32.2. The SMILES string of the molecule is N#Cc1ccccc1S(=O)(=O)N1CCN(C(=O)CCOCC2CCCO2)CC1. The second-order valence-electron chi connectivity index (χ2n) is 6.85. The molecule has 0 spiro atoms. The Kier molecular flexibility index (Phi) is 7.02. The molecule has 3 rings (SSSR count). The van der Waals surface area contributed by atoms with Crippen LogP contribution in [0.3, 0.4) is 0 Å². The van der Waals surface area contributed by atoms with Crippen LogP contribution in [0.25, 0.3) is 0 Å². The molecule has 0 bridgehead atoms. The minimum absolute atomic E-state index is 0.0137. The van der Waals surface area contributed by atoms with Crippen molar-refractivity contribution in [3.8, 4) is 6.07 Å². The van der Waals surface area contributed by atoms with Gasteiger partial charge in [0.2, 0.25) is 15.9 Å². The maximum atomic E-state index is 12.8. The number of rotatable bonds is 7.